The highest BCUT2D eigenvalue weighted by molar-refractivity contribution is 6.30. The lowest BCUT2D eigenvalue weighted by Crippen LogP contribution is -2.15. The lowest BCUT2D eigenvalue weighted by Gasteiger charge is -2.15. The first-order chi connectivity index (χ1) is 8.85. The van der Waals surface area contributed by atoms with Gasteiger partial charge in [0.15, 0.2) is 0 Å². The van der Waals surface area contributed by atoms with Gasteiger partial charge in [0, 0.05) is 29.1 Å². The van der Waals surface area contributed by atoms with Crippen LogP contribution >= 0.6 is 11.6 Å². The van der Waals surface area contributed by atoms with Crippen LogP contribution < -0.4 is 5.32 Å². The van der Waals surface area contributed by atoms with Gasteiger partial charge in [0.2, 0.25) is 0 Å². The Labute approximate surface area is 114 Å². The summed E-state index contributed by atoms with van der Waals surface area (Å²) in [6.45, 7) is 0.498. The Morgan fingerprint density at radius 2 is 2.00 bits per heavy atom. The van der Waals surface area contributed by atoms with E-state index in [1.165, 1.54) is 6.07 Å². The zero-order valence-corrected chi connectivity index (χ0v) is 10.8. The Hall–Kier alpha value is -1.41. The largest absolute Gasteiger partial charge is 0.416 e. The van der Waals surface area contributed by atoms with Crippen molar-refractivity contribution in [2.24, 2.45) is 5.41 Å². The lowest BCUT2D eigenvalue weighted by atomic mass is 10.0. The Morgan fingerprint density at radius 1 is 1.32 bits per heavy atom. The van der Waals surface area contributed by atoms with Crippen LogP contribution in [0.2, 0.25) is 5.02 Å². The van der Waals surface area contributed by atoms with Crippen LogP contribution in [0, 0.1) is 16.7 Å². The number of anilines is 1. The van der Waals surface area contributed by atoms with Gasteiger partial charge >= 0.3 is 6.18 Å². The molecule has 0 spiro atoms. The number of nitriles is 1. The molecule has 19 heavy (non-hydrogen) atoms. The molecule has 0 radical (unpaired) electrons. The number of nitrogens with zero attached hydrogens (tertiary/aromatic N) is 1. The van der Waals surface area contributed by atoms with Gasteiger partial charge in [-0.15, -0.1) is 0 Å². The first-order valence-electron chi connectivity index (χ1n) is 5.83. The molecule has 0 aliphatic heterocycles. The van der Waals surface area contributed by atoms with E-state index >= 15 is 0 Å². The van der Waals surface area contributed by atoms with Crippen LogP contribution in [0.1, 0.15) is 24.8 Å². The minimum absolute atomic E-state index is 0.0439. The van der Waals surface area contributed by atoms with Gasteiger partial charge in [-0.2, -0.15) is 18.4 Å². The van der Waals surface area contributed by atoms with Crippen LogP contribution in [0.25, 0.3) is 0 Å². The van der Waals surface area contributed by atoms with Gasteiger partial charge in [0.05, 0.1) is 11.6 Å². The highest BCUT2D eigenvalue weighted by Gasteiger charge is 2.42. The maximum absolute atomic E-state index is 12.6. The quantitative estimate of drug-likeness (QED) is 0.887. The number of hydrogen-bond acceptors (Lipinski definition) is 2. The van der Waals surface area contributed by atoms with Crippen molar-refractivity contribution < 1.29 is 13.2 Å². The van der Waals surface area contributed by atoms with Crippen molar-refractivity contribution in [3.05, 3.63) is 28.8 Å². The molecule has 0 saturated heterocycles. The van der Waals surface area contributed by atoms with E-state index in [2.05, 4.69) is 11.4 Å². The summed E-state index contributed by atoms with van der Waals surface area (Å²) < 4.78 is 37.9. The number of benzene rings is 1. The third-order valence-corrected chi connectivity index (χ3v) is 3.52. The van der Waals surface area contributed by atoms with E-state index in [4.69, 9.17) is 16.9 Å². The molecular formula is C13H12ClF3N2. The van der Waals surface area contributed by atoms with Crippen molar-refractivity contribution in [1.29, 1.82) is 5.26 Å². The average Bonchev–Trinajstić information content (AvgIpc) is 3.06. The van der Waals surface area contributed by atoms with Crippen molar-refractivity contribution in [2.75, 3.05) is 11.9 Å². The summed E-state index contributed by atoms with van der Waals surface area (Å²) in [4.78, 5) is 0. The van der Waals surface area contributed by atoms with Crippen molar-refractivity contribution in [3.63, 3.8) is 0 Å². The second-order valence-corrected chi connectivity index (χ2v) is 5.35. The zero-order valence-electron chi connectivity index (χ0n) is 10.0. The van der Waals surface area contributed by atoms with Gasteiger partial charge in [0.1, 0.15) is 0 Å². The van der Waals surface area contributed by atoms with Crippen LogP contribution in [-0.4, -0.2) is 6.54 Å². The van der Waals surface area contributed by atoms with E-state index in [1.54, 1.807) is 0 Å². The first kappa shape index (κ1) is 14.0. The molecule has 1 aromatic carbocycles. The fraction of sp³-hybridized carbons (Fsp3) is 0.462. The lowest BCUT2D eigenvalue weighted by molar-refractivity contribution is -0.137. The first-order valence-corrected chi connectivity index (χ1v) is 6.21. The van der Waals surface area contributed by atoms with Gasteiger partial charge in [-0.3, -0.25) is 0 Å². The predicted octanol–water partition coefficient (Wildman–Crippen LogP) is 4.46. The molecule has 6 heteroatoms. The Morgan fingerprint density at radius 3 is 2.53 bits per heavy atom. The summed E-state index contributed by atoms with van der Waals surface area (Å²) in [6, 6.07) is 5.50. The minimum atomic E-state index is -4.41. The molecule has 1 fully saturated rings. The highest BCUT2D eigenvalue weighted by Crippen LogP contribution is 2.48. The third kappa shape index (κ3) is 3.54. The molecule has 1 aromatic rings. The minimum Gasteiger partial charge on any atom is -0.384 e. The smallest absolute Gasteiger partial charge is 0.384 e. The molecule has 0 bridgehead atoms. The van der Waals surface area contributed by atoms with Gasteiger partial charge < -0.3 is 5.32 Å². The molecule has 102 valence electrons. The van der Waals surface area contributed by atoms with Crippen LogP contribution in [0.15, 0.2) is 18.2 Å². The molecule has 1 saturated carbocycles. The van der Waals surface area contributed by atoms with Crippen molar-refractivity contribution in [1.82, 2.24) is 0 Å². The number of nitrogens with one attached hydrogen (secondary N) is 1. The van der Waals surface area contributed by atoms with E-state index in [0.717, 1.165) is 25.0 Å². The molecule has 0 atom stereocenters. The summed E-state index contributed by atoms with van der Waals surface area (Å²) in [5.41, 5.74) is -0.508. The number of halogens is 4. The average molecular weight is 289 g/mol. The SMILES string of the molecule is N#CCC1(CNc2cc(Cl)cc(C(F)(F)F)c2)CC1. The summed E-state index contributed by atoms with van der Waals surface area (Å²) in [7, 11) is 0. The van der Waals surface area contributed by atoms with Crippen molar-refractivity contribution >= 4 is 17.3 Å². The number of alkyl halides is 3. The monoisotopic (exact) mass is 288 g/mol. The molecule has 2 rings (SSSR count). The van der Waals surface area contributed by atoms with Crippen molar-refractivity contribution in [2.45, 2.75) is 25.4 Å². The zero-order chi connectivity index (χ0) is 14.1. The molecule has 0 aromatic heterocycles. The molecule has 1 N–H and O–H groups in total. The third-order valence-electron chi connectivity index (χ3n) is 3.30. The molecule has 0 unspecified atom stereocenters. The topological polar surface area (TPSA) is 35.8 Å². The van der Waals surface area contributed by atoms with Gasteiger partial charge in [0.25, 0.3) is 0 Å². The summed E-state index contributed by atoms with van der Waals surface area (Å²) in [5.74, 6) is 0. The number of hydrogen-bond donors (Lipinski definition) is 1. The molecule has 1 aliphatic rings. The van der Waals surface area contributed by atoms with Crippen molar-refractivity contribution in [3.8, 4) is 6.07 Å². The fourth-order valence-electron chi connectivity index (χ4n) is 1.91. The van der Waals surface area contributed by atoms with Gasteiger partial charge in [-0.05, 0) is 31.0 Å². The summed E-state index contributed by atoms with van der Waals surface area (Å²) in [6.07, 6.45) is -2.13. The number of rotatable bonds is 4. The normalized spacial score (nSPS) is 16.8. The van der Waals surface area contributed by atoms with E-state index in [-0.39, 0.29) is 10.4 Å². The second kappa shape index (κ2) is 4.93. The summed E-state index contributed by atoms with van der Waals surface area (Å²) >= 11 is 5.69. The molecule has 1 aliphatic carbocycles. The van der Waals surface area contributed by atoms with Gasteiger partial charge in [-0.25, -0.2) is 0 Å². The maximum Gasteiger partial charge on any atom is 0.416 e. The summed E-state index contributed by atoms with van der Waals surface area (Å²) in [5, 5.41) is 11.7. The van der Waals surface area contributed by atoms with Crippen LogP contribution in [0.3, 0.4) is 0 Å². The predicted molar refractivity (Wildman–Crippen MR) is 66.8 cm³/mol. The standard InChI is InChI=1S/C13H12ClF3N2/c14-10-5-9(13(15,16)17)6-11(7-10)19-8-12(1-2-12)3-4-18/h5-7,19H,1-3,8H2. The fourth-order valence-corrected chi connectivity index (χ4v) is 2.14. The van der Waals surface area contributed by atoms with E-state index in [0.29, 0.717) is 18.7 Å². The van der Waals surface area contributed by atoms with Crippen LogP contribution in [-0.2, 0) is 6.18 Å². The van der Waals surface area contributed by atoms with Gasteiger partial charge in [-0.1, -0.05) is 11.6 Å². The Balaban J connectivity index is 2.09. The highest BCUT2D eigenvalue weighted by atomic mass is 35.5. The van der Waals surface area contributed by atoms with E-state index < -0.39 is 11.7 Å². The van der Waals surface area contributed by atoms with E-state index in [9.17, 15) is 13.2 Å². The molecule has 0 heterocycles. The Kier molecular flexibility index (Phi) is 3.64. The van der Waals surface area contributed by atoms with Crippen LogP contribution in [0.4, 0.5) is 18.9 Å². The second-order valence-electron chi connectivity index (χ2n) is 4.91. The molecular weight excluding hydrogens is 277 g/mol. The molecule has 2 nitrogen and oxygen atoms in total. The maximum atomic E-state index is 12.6. The molecule has 0 amide bonds. The van der Waals surface area contributed by atoms with E-state index in [1.807, 2.05) is 0 Å². The Bertz CT molecular complexity index is 516. The van der Waals surface area contributed by atoms with Crippen LogP contribution in [0.5, 0.6) is 0 Å².